The van der Waals surface area contributed by atoms with Gasteiger partial charge in [-0.3, -0.25) is 20.4 Å². The van der Waals surface area contributed by atoms with Crippen molar-refractivity contribution in [3.8, 4) is 17.2 Å². The Hall–Kier alpha value is -2.93. The molecule has 0 heterocycles. The van der Waals surface area contributed by atoms with Gasteiger partial charge in [0.05, 0.1) is 19.8 Å². The molecule has 0 aliphatic heterocycles. The van der Waals surface area contributed by atoms with Crippen LogP contribution in [-0.2, 0) is 4.79 Å². The Labute approximate surface area is 168 Å². The Bertz CT molecular complexity index is 862. The summed E-state index contributed by atoms with van der Waals surface area (Å²) in [4.78, 5) is 24.7. The van der Waals surface area contributed by atoms with Crippen LogP contribution in [0.3, 0.4) is 0 Å². The van der Waals surface area contributed by atoms with Gasteiger partial charge in [-0.05, 0) is 56.2 Å². The summed E-state index contributed by atoms with van der Waals surface area (Å²) in [5, 5.41) is 0.597. The van der Waals surface area contributed by atoms with E-state index >= 15 is 0 Å². The molecule has 0 aliphatic rings. The number of carbonyl (C=O) groups is 2. The van der Waals surface area contributed by atoms with Crippen LogP contribution in [0.2, 0.25) is 5.02 Å². The predicted molar refractivity (Wildman–Crippen MR) is 106 cm³/mol. The van der Waals surface area contributed by atoms with Gasteiger partial charge in [0.2, 0.25) is 0 Å². The smallest absolute Gasteiger partial charge is 0.279 e. The first-order chi connectivity index (χ1) is 13.3. The first kappa shape index (κ1) is 21.4. The number of hydrogen-bond donors (Lipinski definition) is 2. The maximum atomic E-state index is 12.4. The van der Waals surface area contributed by atoms with Gasteiger partial charge in [-0.2, -0.15) is 0 Å². The third kappa shape index (κ3) is 5.07. The monoisotopic (exact) mass is 406 g/mol. The highest BCUT2D eigenvalue weighted by Crippen LogP contribution is 2.28. The lowest BCUT2D eigenvalue weighted by atomic mass is 10.1. The number of methoxy groups -OCH3 is 2. The number of ether oxygens (including phenoxy) is 3. The predicted octanol–water partition coefficient (Wildman–Crippen LogP) is 3.20. The number of rotatable bonds is 6. The van der Waals surface area contributed by atoms with Crippen LogP contribution in [0.15, 0.2) is 30.3 Å². The fraction of sp³-hybridized carbons (Fsp3) is 0.300. The largest absolute Gasteiger partial charge is 0.497 e. The van der Waals surface area contributed by atoms with Crippen molar-refractivity contribution in [2.24, 2.45) is 0 Å². The van der Waals surface area contributed by atoms with Crippen LogP contribution in [0, 0.1) is 13.8 Å². The van der Waals surface area contributed by atoms with E-state index in [-0.39, 0.29) is 5.56 Å². The van der Waals surface area contributed by atoms with E-state index in [9.17, 15) is 9.59 Å². The van der Waals surface area contributed by atoms with Crippen molar-refractivity contribution in [3.63, 3.8) is 0 Å². The highest BCUT2D eigenvalue weighted by molar-refractivity contribution is 6.30. The summed E-state index contributed by atoms with van der Waals surface area (Å²) in [5.41, 5.74) is 6.59. The first-order valence-electron chi connectivity index (χ1n) is 8.52. The topological polar surface area (TPSA) is 85.9 Å². The van der Waals surface area contributed by atoms with Crippen molar-refractivity contribution in [2.45, 2.75) is 26.9 Å². The molecular formula is C20H23ClN2O5. The number of nitrogens with one attached hydrogen (secondary N) is 2. The van der Waals surface area contributed by atoms with Crippen LogP contribution in [0.4, 0.5) is 0 Å². The SMILES string of the molecule is COc1ccc(C(=O)NNC(=O)C(C)Oc2c(C)cc(Cl)cc2C)c(OC)c1. The van der Waals surface area contributed by atoms with E-state index in [1.54, 1.807) is 37.3 Å². The van der Waals surface area contributed by atoms with Gasteiger partial charge in [-0.15, -0.1) is 0 Å². The van der Waals surface area contributed by atoms with Crippen LogP contribution < -0.4 is 25.1 Å². The second-order valence-electron chi connectivity index (χ2n) is 6.14. The lowest BCUT2D eigenvalue weighted by Gasteiger charge is -2.18. The van der Waals surface area contributed by atoms with Crippen molar-refractivity contribution in [1.82, 2.24) is 10.9 Å². The van der Waals surface area contributed by atoms with Gasteiger partial charge in [0.25, 0.3) is 11.8 Å². The van der Waals surface area contributed by atoms with Crippen molar-refractivity contribution >= 4 is 23.4 Å². The molecule has 1 unspecified atom stereocenters. The van der Waals surface area contributed by atoms with Gasteiger partial charge in [0.1, 0.15) is 17.2 Å². The molecular weight excluding hydrogens is 384 g/mol. The van der Waals surface area contributed by atoms with E-state index in [0.717, 1.165) is 11.1 Å². The number of halogens is 1. The molecule has 2 amide bonds. The first-order valence-corrected chi connectivity index (χ1v) is 8.90. The molecule has 0 saturated heterocycles. The number of aryl methyl sites for hydroxylation is 2. The average molecular weight is 407 g/mol. The Balaban J connectivity index is 2.01. The summed E-state index contributed by atoms with van der Waals surface area (Å²) in [7, 11) is 2.96. The Morgan fingerprint density at radius 2 is 1.64 bits per heavy atom. The van der Waals surface area contributed by atoms with Gasteiger partial charge in [0, 0.05) is 11.1 Å². The lowest BCUT2D eigenvalue weighted by Crippen LogP contribution is -2.47. The molecule has 2 aromatic carbocycles. The minimum absolute atomic E-state index is 0.251. The van der Waals surface area contributed by atoms with E-state index < -0.39 is 17.9 Å². The molecule has 0 bridgehead atoms. The number of amides is 2. The molecule has 28 heavy (non-hydrogen) atoms. The van der Waals surface area contributed by atoms with E-state index in [2.05, 4.69) is 10.9 Å². The van der Waals surface area contributed by atoms with E-state index in [0.29, 0.717) is 22.3 Å². The highest BCUT2D eigenvalue weighted by Gasteiger charge is 2.19. The molecule has 2 aromatic rings. The number of carbonyl (C=O) groups excluding carboxylic acids is 2. The Morgan fingerprint density at radius 1 is 1.00 bits per heavy atom. The Kier molecular flexibility index (Phi) is 7.12. The van der Waals surface area contributed by atoms with Crippen molar-refractivity contribution < 1.29 is 23.8 Å². The van der Waals surface area contributed by atoms with Gasteiger partial charge in [0.15, 0.2) is 6.10 Å². The summed E-state index contributed by atoms with van der Waals surface area (Å²) in [6, 6.07) is 8.25. The average Bonchev–Trinajstić information content (AvgIpc) is 2.67. The molecule has 0 radical (unpaired) electrons. The van der Waals surface area contributed by atoms with Crippen LogP contribution in [0.5, 0.6) is 17.2 Å². The van der Waals surface area contributed by atoms with Crippen LogP contribution in [0.1, 0.15) is 28.4 Å². The van der Waals surface area contributed by atoms with Crippen LogP contribution >= 0.6 is 11.6 Å². The number of hydrazine groups is 1. The zero-order valence-electron chi connectivity index (χ0n) is 16.4. The van der Waals surface area contributed by atoms with E-state index in [1.165, 1.54) is 14.2 Å². The summed E-state index contributed by atoms with van der Waals surface area (Å²) in [6.45, 7) is 5.27. The quantitative estimate of drug-likeness (QED) is 0.719. The zero-order valence-corrected chi connectivity index (χ0v) is 17.1. The van der Waals surface area contributed by atoms with Gasteiger partial charge < -0.3 is 14.2 Å². The molecule has 2 N–H and O–H groups in total. The number of hydrogen-bond acceptors (Lipinski definition) is 5. The Morgan fingerprint density at radius 3 is 2.21 bits per heavy atom. The zero-order chi connectivity index (χ0) is 20.8. The molecule has 150 valence electrons. The molecule has 8 heteroatoms. The second-order valence-corrected chi connectivity index (χ2v) is 6.57. The molecule has 0 spiro atoms. The third-order valence-corrected chi connectivity index (χ3v) is 4.26. The summed E-state index contributed by atoms with van der Waals surface area (Å²) in [5.74, 6) is 0.416. The minimum atomic E-state index is -0.836. The molecule has 0 aromatic heterocycles. The van der Waals surface area contributed by atoms with Crippen molar-refractivity contribution in [2.75, 3.05) is 14.2 Å². The lowest BCUT2D eigenvalue weighted by molar-refractivity contribution is -0.128. The van der Waals surface area contributed by atoms with Gasteiger partial charge in [-0.25, -0.2) is 0 Å². The maximum absolute atomic E-state index is 12.4. The van der Waals surface area contributed by atoms with Gasteiger partial charge in [-0.1, -0.05) is 11.6 Å². The highest BCUT2D eigenvalue weighted by atomic mass is 35.5. The molecule has 2 rings (SSSR count). The van der Waals surface area contributed by atoms with Crippen molar-refractivity contribution in [3.05, 3.63) is 52.0 Å². The summed E-state index contributed by atoms with van der Waals surface area (Å²) < 4.78 is 16.0. The van der Waals surface area contributed by atoms with Crippen molar-refractivity contribution in [1.29, 1.82) is 0 Å². The van der Waals surface area contributed by atoms with E-state index in [1.807, 2.05) is 13.8 Å². The molecule has 0 saturated carbocycles. The maximum Gasteiger partial charge on any atom is 0.279 e. The normalized spacial score (nSPS) is 11.4. The van der Waals surface area contributed by atoms with E-state index in [4.69, 9.17) is 25.8 Å². The molecule has 0 fully saturated rings. The standard InChI is InChI=1S/C20H23ClN2O5/c1-11-8-14(21)9-12(2)18(11)28-13(3)19(24)22-23-20(25)16-7-6-15(26-4)10-17(16)27-5/h6-10,13H,1-5H3,(H,22,24)(H,23,25). The fourth-order valence-electron chi connectivity index (χ4n) is 2.59. The second kappa shape index (κ2) is 9.32. The summed E-state index contributed by atoms with van der Waals surface area (Å²) in [6.07, 6.45) is -0.836. The third-order valence-electron chi connectivity index (χ3n) is 4.04. The summed E-state index contributed by atoms with van der Waals surface area (Å²) >= 11 is 6.01. The van der Waals surface area contributed by atoms with Crippen LogP contribution in [0.25, 0.3) is 0 Å². The fourth-order valence-corrected chi connectivity index (χ4v) is 2.91. The molecule has 7 nitrogen and oxygen atoms in total. The van der Waals surface area contributed by atoms with Gasteiger partial charge >= 0.3 is 0 Å². The van der Waals surface area contributed by atoms with Crippen LogP contribution in [-0.4, -0.2) is 32.1 Å². The number of benzene rings is 2. The minimum Gasteiger partial charge on any atom is -0.497 e. The molecule has 1 atom stereocenters. The molecule has 0 aliphatic carbocycles.